The third-order valence-electron chi connectivity index (χ3n) is 6.32. The van der Waals surface area contributed by atoms with Gasteiger partial charge in [0.05, 0.1) is 22.9 Å². The zero-order valence-electron chi connectivity index (χ0n) is 20.4. The van der Waals surface area contributed by atoms with Crippen LogP contribution < -0.4 is 9.64 Å². The van der Waals surface area contributed by atoms with Gasteiger partial charge in [-0.05, 0) is 54.1 Å². The number of ether oxygens (including phenoxy) is 1. The Balaban J connectivity index is 1.12. The number of nitriles is 1. The topological polar surface area (TPSA) is 78.4 Å². The molecule has 2 aromatic heterocycles. The minimum absolute atomic E-state index is 0.365. The number of pyridine rings is 1. The Labute approximate surface area is 217 Å². The van der Waals surface area contributed by atoms with Crippen LogP contribution in [0, 0.1) is 11.3 Å². The van der Waals surface area contributed by atoms with Crippen LogP contribution in [0.3, 0.4) is 0 Å². The standard InChI is InChI=1S/C28H24F3N5O2/c29-28(30,31)23-6-9-27(33-17-23)36-12-10-35(11-13-36)18-24-15-26(38-34-24)22-4-7-25(8-5-22)37-19-21-3-1-2-20(14-21)16-32/h1-9,14-15,17H,10-13,18-19H2. The number of piperazine rings is 1. The van der Waals surface area contributed by atoms with E-state index >= 15 is 0 Å². The number of alkyl halides is 3. The smallest absolute Gasteiger partial charge is 0.417 e. The SMILES string of the molecule is N#Cc1cccc(COc2ccc(-c3cc(CN4CCN(c5ccc(C(F)(F)F)cn5)CC4)no3)cc2)c1. The normalized spacial score (nSPS) is 14.3. The van der Waals surface area contributed by atoms with Crippen LogP contribution in [0.4, 0.5) is 19.0 Å². The molecule has 0 amide bonds. The van der Waals surface area contributed by atoms with Crippen LogP contribution in [-0.2, 0) is 19.3 Å². The summed E-state index contributed by atoms with van der Waals surface area (Å²) >= 11 is 0. The van der Waals surface area contributed by atoms with E-state index in [-0.39, 0.29) is 0 Å². The second-order valence-corrected chi connectivity index (χ2v) is 8.97. The highest BCUT2D eigenvalue weighted by Crippen LogP contribution is 2.30. The second kappa shape index (κ2) is 10.9. The Kier molecular flexibility index (Phi) is 7.29. The summed E-state index contributed by atoms with van der Waals surface area (Å²) in [6, 6.07) is 21.4. The molecule has 1 aliphatic heterocycles. The van der Waals surface area contributed by atoms with Crippen molar-refractivity contribution in [3.05, 3.63) is 95.3 Å². The third-order valence-corrected chi connectivity index (χ3v) is 6.32. The molecule has 0 N–H and O–H groups in total. The molecule has 0 spiro atoms. The van der Waals surface area contributed by atoms with E-state index < -0.39 is 11.7 Å². The van der Waals surface area contributed by atoms with Crippen molar-refractivity contribution in [3.63, 3.8) is 0 Å². The fourth-order valence-corrected chi connectivity index (χ4v) is 4.24. The van der Waals surface area contributed by atoms with Gasteiger partial charge in [-0.2, -0.15) is 18.4 Å². The van der Waals surface area contributed by atoms with Crippen molar-refractivity contribution in [1.29, 1.82) is 5.26 Å². The molecule has 0 atom stereocenters. The lowest BCUT2D eigenvalue weighted by molar-refractivity contribution is -0.137. The van der Waals surface area contributed by atoms with E-state index in [1.165, 1.54) is 6.07 Å². The highest BCUT2D eigenvalue weighted by molar-refractivity contribution is 5.58. The van der Waals surface area contributed by atoms with Gasteiger partial charge in [0, 0.05) is 50.6 Å². The first-order chi connectivity index (χ1) is 18.4. The fourth-order valence-electron chi connectivity index (χ4n) is 4.24. The minimum Gasteiger partial charge on any atom is -0.489 e. The number of aromatic nitrogens is 2. The third kappa shape index (κ3) is 6.12. The average molecular weight is 520 g/mol. The summed E-state index contributed by atoms with van der Waals surface area (Å²) in [6.07, 6.45) is -3.51. The molecule has 0 bridgehead atoms. The summed E-state index contributed by atoms with van der Waals surface area (Å²) in [5.74, 6) is 1.90. The van der Waals surface area contributed by atoms with Gasteiger partial charge < -0.3 is 14.2 Å². The van der Waals surface area contributed by atoms with Crippen LogP contribution in [0.5, 0.6) is 5.75 Å². The predicted octanol–water partition coefficient (Wildman–Crippen LogP) is 5.53. The van der Waals surface area contributed by atoms with Crippen LogP contribution in [0.25, 0.3) is 11.3 Å². The highest BCUT2D eigenvalue weighted by Gasteiger charge is 2.31. The van der Waals surface area contributed by atoms with Gasteiger partial charge in [-0.25, -0.2) is 4.98 Å². The Bertz CT molecular complexity index is 1400. The average Bonchev–Trinajstić information content (AvgIpc) is 3.41. The maximum Gasteiger partial charge on any atom is 0.417 e. The number of halogens is 3. The maximum absolute atomic E-state index is 12.8. The first-order valence-corrected chi connectivity index (χ1v) is 12.1. The fraction of sp³-hybridized carbons (Fsp3) is 0.250. The van der Waals surface area contributed by atoms with E-state index in [1.54, 1.807) is 12.1 Å². The van der Waals surface area contributed by atoms with Crippen LogP contribution >= 0.6 is 0 Å². The summed E-state index contributed by atoms with van der Waals surface area (Å²) in [7, 11) is 0. The molecule has 0 saturated carbocycles. The maximum atomic E-state index is 12.8. The second-order valence-electron chi connectivity index (χ2n) is 8.97. The number of anilines is 1. The molecular weight excluding hydrogens is 495 g/mol. The molecule has 5 rings (SSSR count). The molecule has 1 aliphatic rings. The Morgan fingerprint density at radius 1 is 0.974 bits per heavy atom. The lowest BCUT2D eigenvalue weighted by Crippen LogP contribution is -2.46. The van der Waals surface area contributed by atoms with E-state index in [0.29, 0.717) is 49.1 Å². The molecular formula is C28H24F3N5O2. The summed E-state index contributed by atoms with van der Waals surface area (Å²) in [4.78, 5) is 8.20. The molecule has 7 nitrogen and oxygen atoms in total. The first kappa shape index (κ1) is 25.3. The van der Waals surface area contributed by atoms with Crippen LogP contribution in [0.1, 0.15) is 22.4 Å². The van der Waals surface area contributed by atoms with E-state index in [1.807, 2.05) is 47.4 Å². The number of rotatable bonds is 7. The predicted molar refractivity (Wildman–Crippen MR) is 134 cm³/mol. The Hall–Kier alpha value is -4.36. The Morgan fingerprint density at radius 3 is 2.45 bits per heavy atom. The monoisotopic (exact) mass is 519 g/mol. The molecule has 3 heterocycles. The van der Waals surface area contributed by atoms with Crippen LogP contribution in [0.2, 0.25) is 0 Å². The lowest BCUT2D eigenvalue weighted by atomic mass is 10.1. The van der Waals surface area contributed by atoms with Crippen molar-refractivity contribution in [3.8, 4) is 23.1 Å². The summed E-state index contributed by atoms with van der Waals surface area (Å²) in [5, 5.41) is 13.2. The van der Waals surface area contributed by atoms with Crippen molar-refractivity contribution in [2.24, 2.45) is 0 Å². The number of hydrogen-bond acceptors (Lipinski definition) is 7. The van der Waals surface area contributed by atoms with Crippen molar-refractivity contribution in [1.82, 2.24) is 15.0 Å². The lowest BCUT2D eigenvalue weighted by Gasteiger charge is -2.35. The first-order valence-electron chi connectivity index (χ1n) is 12.1. The van der Waals surface area contributed by atoms with Gasteiger partial charge >= 0.3 is 6.18 Å². The van der Waals surface area contributed by atoms with Gasteiger partial charge in [0.1, 0.15) is 18.2 Å². The molecule has 1 fully saturated rings. The molecule has 0 aliphatic carbocycles. The van der Waals surface area contributed by atoms with Gasteiger partial charge in [-0.3, -0.25) is 4.90 Å². The van der Waals surface area contributed by atoms with Crippen molar-refractivity contribution in [2.45, 2.75) is 19.3 Å². The van der Waals surface area contributed by atoms with Crippen molar-refractivity contribution >= 4 is 5.82 Å². The molecule has 1 saturated heterocycles. The number of nitrogens with zero attached hydrogens (tertiary/aromatic N) is 5. The molecule has 4 aromatic rings. The molecule has 0 unspecified atom stereocenters. The minimum atomic E-state index is -4.39. The van der Waals surface area contributed by atoms with Gasteiger partial charge in [0.25, 0.3) is 0 Å². The zero-order chi connectivity index (χ0) is 26.5. The van der Waals surface area contributed by atoms with Crippen LogP contribution in [-0.4, -0.2) is 41.2 Å². The molecule has 38 heavy (non-hydrogen) atoms. The highest BCUT2D eigenvalue weighted by atomic mass is 19.4. The van der Waals surface area contributed by atoms with Gasteiger partial charge in [-0.15, -0.1) is 0 Å². The summed E-state index contributed by atoms with van der Waals surface area (Å²) < 4.78 is 49.7. The quantitative estimate of drug-likeness (QED) is 0.318. The molecule has 10 heteroatoms. The number of benzene rings is 2. The molecule has 194 valence electrons. The molecule has 2 aromatic carbocycles. The van der Waals surface area contributed by atoms with E-state index in [9.17, 15) is 13.2 Å². The number of hydrogen-bond donors (Lipinski definition) is 0. The largest absolute Gasteiger partial charge is 0.489 e. The summed E-state index contributed by atoms with van der Waals surface area (Å²) in [6.45, 7) is 3.75. The van der Waals surface area contributed by atoms with Crippen LogP contribution in [0.15, 0.2) is 77.4 Å². The van der Waals surface area contributed by atoms with E-state index in [2.05, 4.69) is 21.1 Å². The van der Waals surface area contributed by atoms with Crippen molar-refractivity contribution < 1.29 is 22.4 Å². The van der Waals surface area contributed by atoms with Crippen molar-refractivity contribution in [2.75, 3.05) is 31.1 Å². The zero-order valence-corrected chi connectivity index (χ0v) is 20.4. The Morgan fingerprint density at radius 2 is 1.76 bits per heavy atom. The van der Waals surface area contributed by atoms with E-state index in [4.69, 9.17) is 14.5 Å². The molecule has 0 radical (unpaired) electrons. The van der Waals surface area contributed by atoms with Gasteiger partial charge in [-0.1, -0.05) is 17.3 Å². The van der Waals surface area contributed by atoms with E-state index in [0.717, 1.165) is 42.2 Å². The van der Waals surface area contributed by atoms with Gasteiger partial charge in [0.2, 0.25) is 0 Å². The van der Waals surface area contributed by atoms with Gasteiger partial charge in [0.15, 0.2) is 5.76 Å². The summed E-state index contributed by atoms with van der Waals surface area (Å²) in [5.41, 5.74) is 2.45.